The minimum Gasteiger partial charge on any atom is -0.376 e. The lowest BCUT2D eigenvalue weighted by Crippen LogP contribution is -2.50. The van der Waals surface area contributed by atoms with E-state index in [9.17, 15) is 27.9 Å². The average Bonchev–Trinajstić information content (AvgIpc) is 3.44. The molecule has 0 aliphatic heterocycles. The van der Waals surface area contributed by atoms with Crippen molar-refractivity contribution < 1.29 is 27.9 Å². The lowest BCUT2D eigenvalue weighted by atomic mass is 9.70. The van der Waals surface area contributed by atoms with Crippen molar-refractivity contribution in [3.63, 3.8) is 0 Å². The van der Waals surface area contributed by atoms with E-state index < -0.39 is 17.2 Å². The third-order valence-electron chi connectivity index (χ3n) is 7.09. The van der Waals surface area contributed by atoms with E-state index in [-0.39, 0.29) is 35.0 Å². The van der Waals surface area contributed by atoms with Gasteiger partial charge in [0.1, 0.15) is 0 Å². The van der Waals surface area contributed by atoms with Crippen LogP contribution in [0, 0.1) is 0 Å². The Labute approximate surface area is 194 Å². The summed E-state index contributed by atoms with van der Waals surface area (Å²) in [5.74, 6) is -0.580. The van der Waals surface area contributed by atoms with E-state index in [1.165, 1.54) is 23.5 Å². The summed E-state index contributed by atoms with van der Waals surface area (Å²) < 4.78 is 39.4. The van der Waals surface area contributed by atoms with Gasteiger partial charge >= 0.3 is 6.18 Å². The Morgan fingerprint density at radius 1 is 1.06 bits per heavy atom. The molecule has 2 saturated carbocycles. The van der Waals surface area contributed by atoms with E-state index in [2.05, 4.69) is 0 Å². The quantitative estimate of drug-likeness (QED) is 0.639. The zero-order valence-electron chi connectivity index (χ0n) is 18.3. The first-order chi connectivity index (χ1) is 15.5. The molecule has 178 valence electrons. The number of benzene rings is 1. The fourth-order valence-electron chi connectivity index (χ4n) is 4.77. The van der Waals surface area contributed by atoms with Crippen molar-refractivity contribution in [2.45, 2.75) is 74.7 Å². The van der Waals surface area contributed by atoms with Gasteiger partial charge in [-0.2, -0.15) is 13.2 Å². The van der Waals surface area contributed by atoms with Crippen molar-refractivity contribution in [1.82, 2.24) is 4.90 Å². The number of carbonyl (C=O) groups is 2. The van der Waals surface area contributed by atoms with E-state index in [4.69, 9.17) is 5.73 Å². The van der Waals surface area contributed by atoms with Gasteiger partial charge in [-0.3, -0.25) is 9.59 Å². The molecule has 4 rings (SSSR count). The second kappa shape index (κ2) is 8.43. The highest BCUT2D eigenvalue weighted by atomic mass is 32.1. The van der Waals surface area contributed by atoms with Crippen LogP contribution in [0.1, 0.15) is 66.2 Å². The molecule has 1 aromatic heterocycles. The third-order valence-corrected chi connectivity index (χ3v) is 8.16. The number of aliphatic hydroxyl groups is 1. The minimum atomic E-state index is -4.82. The Balaban J connectivity index is 1.52. The lowest BCUT2D eigenvalue weighted by molar-refractivity contribution is -0.258. The van der Waals surface area contributed by atoms with Gasteiger partial charge in [0, 0.05) is 22.5 Å². The summed E-state index contributed by atoms with van der Waals surface area (Å²) in [4.78, 5) is 28.5. The van der Waals surface area contributed by atoms with Crippen molar-refractivity contribution >= 4 is 23.2 Å². The molecule has 9 heteroatoms. The molecule has 3 N–H and O–H groups in total. The maximum absolute atomic E-state index is 13.4. The molecular weight excluding hydrogens is 453 g/mol. The maximum Gasteiger partial charge on any atom is 0.421 e. The summed E-state index contributed by atoms with van der Waals surface area (Å²) in [5.41, 5.74) is 2.07. The molecule has 0 bridgehead atoms. The summed E-state index contributed by atoms with van der Waals surface area (Å²) in [6, 6.07) is 8.86. The molecule has 5 nitrogen and oxygen atoms in total. The van der Waals surface area contributed by atoms with Crippen LogP contribution in [0.2, 0.25) is 0 Å². The van der Waals surface area contributed by atoms with Gasteiger partial charge in [-0.15, -0.1) is 11.3 Å². The van der Waals surface area contributed by atoms with Crippen LogP contribution in [0.4, 0.5) is 13.2 Å². The summed E-state index contributed by atoms with van der Waals surface area (Å²) in [6.07, 6.45) is -0.692. The number of hydrogen-bond acceptors (Lipinski definition) is 4. The number of carbonyl (C=O) groups excluding carboxylic acids is 2. The predicted octanol–water partition coefficient (Wildman–Crippen LogP) is 4.49. The van der Waals surface area contributed by atoms with Gasteiger partial charge in [-0.05, 0) is 74.6 Å². The molecule has 1 atom stereocenters. The van der Waals surface area contributed by atoms with Gasteiger partial charge < -0.3 is 15.7 Å². The Bertz CT molecular complexity index is 1010. The van der Waals surface area contributed by atoms with Gasteiger partial charge in [0.2, 0.25) is 5.91 Å². The SMILES string of the molecule is C[C@](O)(c1ccc(C(=O)N(C2CC2)C2CCC(C(N)=O)(c3cccs3)CC2)cc1)C(F)(F)F. The van der Waals surface area contributed by atoms with Gasteiger partial charge in [-0.1, -0.05) is 18.2 Å². The summed E-state index contributed by atoms with van der Waals surface area (Å²) in [6.45, 7) is 0.695. The number of primary amides is 1. The van der Waals surface area contributed by atoms with E-state index in [1.54, 1.807) is 0 Å². The number of nitrogens with zero attached hydrogens (tertiary/aromatic N) is 1. The maximum atomic E-state index is 13.4. The van der Waals surface area contributed by atoms with Crippen LogP contribution in [-0.4, -0.2) is 40.1 Å². The number of hydrogen-bond donors (Lipinski definition) is 2. The molecule has 0 unspecified atom stereocenters. The monoisotopic (exact) mass is 480 g/mol. The largest absolute Gasteiger partial charge is 0.421 e. The average molecular weight is 481 g/mol. The van der Waals surface area contributed by atoms with Crippen molar-refractivity contribution in [3.8, 4) is 0 Å². The number of nitrogens with two attached hydrogens (primary N) is 1. The molecule has 33 heavy (non-hydrogen) atoms. The van der Waals surface area contributed by atoms with Crippen molar-refractivity contribution in [1.29, 1.82) is 0 Å². The lowest BCUT2D eigenvalue weighted by Gasteiger charge is -2.42. The zero-order valence-corrected chi connectivity index (χ0v) is 19.1. The highest BCUT2D eigenvalue weighted by Gasteiger charge is 2.51. The summed E-state index contributed by atoms with van der Waals surface area (Å²) in [5, 5.41) is 11.8. The highest BCUT2D eigenvalue weighted by Crippen LogP contribution is 2.45. The normalized spacial score (nSPS) is 25.3. The smallest absolute Gasteiger partial charge is 0.376 e. The first kappa shape index (κ1) is 23.8. The highest BCUT2D eigenvalue weighted by molar-refractivity contribution is 7.10. The number of halogens is 3. The molecule has 2 aliphatic carbocycles. The van der Waals surface area contributed by atoms with Crippen molar-refractivity contribution in [2.75, 3.05) is 0 Å². The Morgan fingerprint density at radius 2 is 1.64 bits per heavy atom. The molecule has 0 spiro atoms. The zero-order chi connectivity index (χ0) is 24.0. The molecule has 1 heterocycles. The van der Waals surface area contributed by atoms with Gasteiger partial charge in [-0.25, -0.2) is 0 Å². The second-order valence-electron chi connectivity index (χ2n) is 9.25. The molecular formula is C24H27F3N2O3S. The number of amides is 2. The van der Waals surface area contributed by atoms with Crippen LogP contribution in [0.15, 0.2) is 41.8 Å². The van der Waals surface area contributed by atoms with E-state index in [1.807, 2.05) is 22.4 Å². The predicted molar refractivity (Wildman–Crippen MR) is 119 cm³/mol. The van der Waals surface area contributed by atoms with Crippen LogP contribution in [0.3, 0.4) is 0 Å². The number of thiophene rings is 1. The fourth-order valence-corrected chi connectivity index (χ4v) is 5.76. The van der Waals surface area contributed by atoms with E-state index in [0.29, 0.717) is 32.6 Å². The Hall–Kier alpha value is -2.39. The van der Waals surface area contributed by atoms with Gasteiger partial charge in [0.05, 0.1) is 5.41 Å². The summed E-state index contributed by atoms with van der Waals surface area (Å²) >= 11 is 1.51. The topological polar surface area (TPSA) is 83.6 Å². The van der Waals surface area contributed by atoms with Crippen molar-refractivity contribution in [2.24, 2.45) is 5.73 Å². The molecule has 0 radical (unpaired) electrons. The molecule has 2 aliphatic rings. The first-order valence-electron chi connectivity index (χ1n) is 11.0. The van der Waals surface area contributed by atoms with E-state index >= 15 is 0 Å². The summed E-state index contributed by atoms with van der Waals surface area (Å²) in [7, 11) is 0. The van der Waals surface area contributed by atoms with Crippen LogP contribution in [0.5, 0.6) is 0 Å². The Morgan fingerprint density at radius 3 is 2.09 bits per heavy atom. The van der Waals surface area contributed by atoms with Gasteiger partial charge in [0.15, 0.2) is 5.60 Å². The third kappa shape index (κ3) is 4.28. The van der Waals surface area contributed by atoms with Crippen LogP contribution in [-0.2, 0) is 15.8 Å². The van der Waals surface area contributed by atoms with Crippen LogP contribution >= 0.6 is 11.3 Å². The molecule has 1 aromatic carbocycles. The molecule has 2 aromatic rings. The van der Waals surface area contributed by atoms with Gasteiger partial charge in [0.25, 0.3) is 5.91 Å². The molecule has 2 fully saturated rings. The standard InChI is InChI=1S/C24H27F3N2O3S/c1-22(32,24(25,26)27)16-6-4-15(5-7-16)20(30)29(17-8-9-17)18-10-12-23(13-11-18,21(28)31)19-3-2-14-33-19/h2-7,14,17-18,32H,8-13H2,1H3,(H2,28,31)/t18?,22-,23?/m0/s1. The number of alkyl halides is 3. The number of rotatable bonds is 6. The minimum absolute atomic E-state index is 0.0598. The molecule has 2 amide bonds. The molecule has 0 saturated heterocycles. The van der Waals surface area contributed by atoms with Crippen LogP contribution in [0.25, 0.3) is 0 Å². The van der Waals surface area contributed by atoms with E-state index in [0.717, 1.165) is 29.9 Å². The van der Waals surface area contributed by atoms with Crippen molar-refractivity contribution in [3.05, 3.63) is 57.8 Å². The first-order valence-corrected chi connectivity index (χ1v) is 11.9. The Kier molecular flexibility index (Phi) is 6.07. The van der Waals surface area contributed by atoms with Crippen LogP contribution < -0.4 is 5.73 Å². The fraction of sp³-hybridized carbons (Fsp3) is 0.500. The second-order valence-corrected chi connectivity index (χ2v) is 10.2.